The van der Waals surface area contributed by atoms with Crippen LogP contribution >= 0.6 is 0 Å². The molecule has 0 amide bonds. The fourth-order valence-electron chi connectivity index (χ4n) is 2.14. The zero-order chi connectivity index (χ0) is 14.3. The van der Waals surface area contributed by atoms with E-state index >= 15 is 0 Å². The van der Waals surface area contributed by atoms with E-state index in [4.69, 9.17) is 9.84 Å². The van der Waals surface area contributed by atoms with Crippen LogP contribution in [-0.4, -0.2) is 36.2 Å². The summed E-state index contributed by atoms with van der Waals surface area (Å²) in [7, 11) is 1.67. The molecule has 0 aliphatic carbocycles. The topological polar surface area (TPSA) is 49.8 Å². The molecule has 0 radical (unpaired) electrons. The molecule has 19 heavy (non-hydrogen) atoms. The summed E-state index contributed by atoms with van der Waals surface area (Å²) in [5, 5.41) is 8.98. The van der Waals surface area contributed by atoms with Crippen LogP contribution in [0.3, 0.4) is 0 Å². The molecule has 0 bridgehead atoms. The second kappa shape index (κ2) is 7.92. The Morgan fingerprint density at radius 2 is 1.95 bits per heavy atom. The monoisotopic (exact) mass is 265 g/mol. The molecule has 1 aromatic rings. The van der Waals surface area contributed by atoms with Crippen molar-refractivity contribution in [1.29, 1.82) is 0 Å². The van der Waals surface area contributed by atoms with Gasteiger partial charge in [0.1, 0.15) is 0 Å². The van der Waals surface area contributed by atoms with E-state index in [0.29, 0.717) is 19.1 Å². The molecular formula is C15H23NO3. The van der Waals surface area contributed by atoms with Crippen LogP contribution in [-0.2, 0) is 22.7 Å². The lowest BCUT2D eigenvalue weighted by atomic mass is 10.1. The minimum absolute atomic E-state index is 0.0689. The van der Waals surface area contributed by atoms with Gasteiger partial charge in [-0.1, -0.05) is 38.1 Å². The molecule has 0 aliphatic rings. The Kier molecular flexibility index (Phi) is 6.53. The Hall–Kier alpha value is -1.39. The van der Waals surface area contributed by atoms with Gasteiger partial charge in [0.25, 0.3) is 0 Å². The van der Waals surface area contributed by atoms with Gasteiger partial charge in [-0.3, -0.25) is 9.69 Å². The molecule has 0 saturated carbocycles. The lowest BCUT2D eigenvalue weighted by Gasteiger charge is -2.23. The predicted octanol–water partition coefficient (Wildman–Crippen LogP) is 2.38. The molecule has 0 aliphatic heterocycles. The second-order valence-electron chi connectivity index (χ2n) is 5.16. The molecule has 0 heterocycles. The number of carboxylic acids is 1. The number of aliphatic carboxylic acids is 1. The van der Waals surface area contributed by atoms with Crippen molar-refractivity contribution in [3.05, 3.63) is 35.4 Å². The van der Waals surface area contributed by atoms with Crippen molar-refractivity contribution in [1.82, 2.24) is 4.90 Å². The van der Waals surface area contributed by atoms with Crippen LogP contribution in [0.15, 0.2) is 24.3 Å². The highest BCUT2D eigenvalue weighted by Gasteiger charge is 2.13. The Labute approximate surface area is 115 Å². The summed E-state index contributed by atoms with van der Waals surface area (Å²) in [6.45, 7) is 6.22. The Morgan fingerprint density at radius 3 is 2.47 bits per heavy atom. The van der Waals surface area contributed by atoms with Crippen molar-refractivity contribution in [3.63, 3.8) is 0 Å². The normalized spacial score (nSPS) is 11.2. The molecule has 4 nitrogen and oxygen atoms in total. The highest BCUT2D eigenvalue weighted by molar-refractivity contribution is 5.69. The highest BCUT2D eigenvalue weighted by atomic mass is 16.5. The maximum atomic E-state index is 10.9. The van der Waals surface area contributed by atoms with Gasteiger partial charge in [-0.15, -0.1) is 0 Å². The molecule has 1 rings (SSSR count). The third-order valence-electron chi connectivity index (χ3n) is 2.79. The summed E-state index contributed by atoms with van der Waals surface area (Å²) >= 11 is 0. The van der Waals surface area contributed by atoms with Crippen molar-refractivity contribution in [2.24, 2.45) is 5.92 Å². The first-order valence-corrected chi connectivity index (χ1v) is 6.52. The standard InChI is InChI=1S/C15H23NO3/c1-12(2)8-16(10-15(17)18)9-13-6-4-5-7-14(13)11-19-3/h4-7,12H,8-11H2,1-3H3,(H,17,18). The van der Waals surface area contributed by atoms with E-state index in [9.17, 15) is 4.79 Å². The van der Waals surface area contributed by atoms with E-state index in [2.05, 4.69) is 13.8 Å². The van der Waals surface area contributed by atoms with Crippen LogP contribution < -0.4 is 0 Å². The summed E-state index contributed by atoms with van der Waals surface area (Å²) < 4.78 is 5.18. The van der Waals surface area contributed by atoms with E-state index in [0.717, 1.165) is 17.7 Å². The van der Waals surface area contributed by atoms with E-state index in [-0.39, 0.29) is 6.54 Å². The molecule has 0 aromatic heterocycles. The molecule has 1 N–H and O–H groups in total. The van der Waals surface area contributed by atoms with Crippen LogP contribution in [0.25, 0.3) is 0 Å². The van der Waals surface area contributed by atoms with Crippen LogP contribution in [0, 0.1) is 5.92 Å². The predicted molar refractivity (Wildman–Crippen MR) is 74.9 cm³/mol. The smallest absolute Gasteiger partial charge is 0.317 e. The molecule has 0 fully saturated rings. The summed E-state index contributed by atoms with van der Waals surface area (Å²) in [5.74, 6) is -0.348. The van der Waals surface area contributed by atoms with Gasteiger partial charge in [0.05, 0.1) is 13.2 Å². The number of nitrogens with zero attached hydrogens (tertiary/aromatic N) is 1. The quantitative estimate of drug-likeness (QED) is 0.784. The van der Waals surface area contributed by atoms with Crippen molar-refractivity contribution in [2.75, 3.05) is 20.2 Å². The van der Waals surface area contributed by atoms with E-state index < -0.39 is 5.97 Å². The first-order chi connectivity index (χ1) is 9.02. The van der Waals surface area contributed by atoms with Gasteiger partial charge in [0, 0.05) is 20.2 Å². The number of hydrogen-bond acceptors (Lipinski definition) is 3. The van der Waals surface area contributed by atoms with Crippen molar-refractivity contribution >= 4 is 5.97 Å². The highest BCUT2D eigenvalue weighted by Crippen LogP contribution is 2.13. The average molecular weight is 265 g/mol. The Balaban J connectivity index is 2.79. The summed E-state index contributed by atoms with van der Waals surface area (Å²) in [6.07, 6.45) is 0. The summed E-state index contributed by atoms with van der Waals surface area (Å²) in [6, 6.07) is 8.00. The van der Waals surface area contributed by atoms with Gasteiger partial charge >= 0.3 is 5.97 Å². The van der Waals surface area contributed by atoms with Crippen LogP contribution in [0.5, 0.6) is 0 Å². The van der Waals surface area contributed by atoms with Crippen LogP contribution in [0.2, 0.25) is 0 Å². The summed E-state index contributed by atoms with van der Waals surface area (Å²) in [4.78, 5) is 12.9. The number of carboxylic acid groups (broad SMARTS) is 1. The number of benzene rings is 1. The summed E-state index contributed by atoms with van der Waals surface area (Å²) in [5.41, 5.74) is 2.25. The van der Waals surface area contributed by atoms with Gasteiger partial charge < -0.3 is 9.84 Å². The van der Waals surface area contributed by atoms with Gasteiger partial charge in [-0.2, -0.15) is 0 Å². The Morgan fingerprint density at radius 1 is 1.32 bits per heavy atom. The molecule has 0 atom stereocenters. The Bertz CT molecular complexity index is 404. The molecule has 0 unspecified atom stereocenters. The van der Waals surface area contributed by atoms with E-state index in [1.807, 2.05) is 29.2 Å². The third kappa shape index (κ3) is 5.85. The maximum Gasteiger partial charge on any atom is 0.317 e. The minimum atomic E-state index is -0.787. The lowest BCUT2D eigenvalue weighted by molar-refractivity contribution is -0.138. The number of carbonyl (C=O) groups is 1. The van der Waals surface area contributed by atoms with Crippen LogP contribution in [0.1, 0.15) is 25.0 Å². The van der Waals surface area contributed by atoms with Gasteiger partial charge in [-0.25, -0.2) is 0 Å². The SMILES string of the molecule is COCc1ccccc1CN(CC(=O)O)CC(C)C. The number of hydrogen-bond donors (Lipinski definition) is 1. The van der Waals surface area contributed by atoms with E-state index in [1.54, 1.807) is 7.11 Å². The van der Waals surface area contributed by atoms with Crippen molar-refractivity contribution in [2.45, 2.75) is 27.0 Å². The first kappa shape index (κ1) is 15.7. The number of rotatable bonds is 8. The largest absolute Gasteiger partial charge is 0.480 e. The molecule has 0 spiro atoms. The van der Waals surface area contributed by atoms with Gasteiger partial charge in [0.2, 0.25) is 0 Å². The zero-order valence-corrected chi connectivity index (χ0v) is 11.9. The third-order valence-corrected chi connectivity index (χ3v) is 2.79. The molecule has 4 heteroatoms. The lowest BCUT2D eigenvalue weighted by Crippen LogP contribution is -2.32. The fraction of sp³-hybridized carbons (Fsp3) is 0.533. The fourth-order valence-corrected chi connectivity index (χ4v) is 2.14. The molecule has 106 valence electrons. The van der Waals surface area contributed by atoms with Crippen molar-refractivity contribution < 1.29 is 14.6 Å². The minimum Gasteiger partial charge on any atom is -0.480 e. The van der Waals surface area contributed by atoms with Crippen LogP contribution in [0.4, 0.5) is 0 Å². The first-order valence-electron chi connectivity index (χ1n) is 6.52. The number of methoxy groups -OCH3 is 1. The molecular weight excluding hydrogens is 242 g/mol. The van der Waals surface area contributed by atoms with E-state index in [1.165, 1.54) is 0 Å². The number of ether oxygens (including phenoxy) is 1. The van der Waals surface area contributed by atoms with Gasteiger partial charge in [0.15, 0.2) is 0 Å². The zero-order valence-electron chi connectivity index (χ0n) is 11.9. The van der Waals surface area contributed by atoms with Crippen molar-refractivity contribution in [3.8, 4) is 0 Å². The maximum absolute atomic E-state index is 10.9. The van der Waals surface area contributed by atoms with Gasteiger partial charge in [-0.05, 0) is 17.0 Å². The molecule has 0 saturated heterocycles. The average Bonchev–Trinajstić information content (AvgIpc) is 2.30. The second-order valence-corrected chi connectivity index (χ2v) is 5.16. The molecule has 1 aromatic carbocycles.